The lowest BCUT2D eigenvalue weighted by Crippen LogP contribution is -2.21. The molecule has 0 N–H and O–H groups in total. The highest BCUT2D eigenvalue weighted by Gasteiger charge is 2.41. The first kappa shape index (κ1) is 49.3. The Labute approximate surface area is 466 Å². The van der Waals surface area contributed by atoms with Crippen LogP contribution < -0.4 is 0 Å². The third kappa shape index (κ3) is 7.19. The average Bonchev–Trinajstić information content (AvgIpc) is 3.47. The fourth-order valence-electron chi connectivity index (χ4n) is 13.4. The van der Waals surface area contributed by atoms with Crippen LogP contribution in [0.4, 0.5) is 26.3 Å². The van der Waals surface area contributed by atoms with E-state index in [1.165, 1.54) is 24.3 Å². The molecule has 0 bridgehead atoms. The molecule has 0 saturated carbocycles. The number of nitrogens with zero attached hydrogens (tertiary/aromatic N) is 4. The lowest BCUT2D eigenvalue weighted by molar-refractivity contribution is -0.137. The van der Waals surface area contributed by atoms with Gasteiger partial charge in [-0.25, -0.2) is 0 Å². The molecule has 398 valence electrons. The van der Waals surface area contributed by atoms with Gasteiger partial charge in [-0.15, -0.1) is 0 Å². The first-order valence-corrected chi connectivity index (χ1v) is 27.3. The lowest BCUT2D eigenvalue weighted by Gasteiger charge is -2.33. The van der Waals surface area contributed by atoms with Crippen molar-refractivity contribution >= 4 is 87.2 Å². The van der Waals surface area contributed by atoms with Crippen LogP contribution in [0.15, 0.2) is 237 Å². The van der Waals surface area contributed by atoms with Gasteiger partial charge in [0.05, 0.1) is 66.6 Å². The summed E-state index contributed by atoms with van der Waals surface area (Å²) in [5, 5.41) is 6.97. The summed E-state index contributed by atoms with van der Waals surface area (Å²) in [6, 6.07) is 73.5. The van der Waals surface area contributed by atoms with Gasteiger partial charge >= 0.3 is 12.4 Å². The van der Waals surface area contributed by atoms with E-state index in [4.69, 9.17) is 0 Å². The van der Waals surface area contributed by atoms with Crippen molar-refractivity contribution in [3.8, 4) is 45.0 Å². The summed E-state index contributed by atoms with van der Waals surface area (Å²) in [5.74, 6) is 0. The fraction of sp³-hybridized carbons (Fsp3) is 0.0833. The maximum atomic E-state index is 16.2. The Morgan fingerprint density at radius 3 is 1.00 bits per heavy atom. The second-order valence-corrected chi connectivity index (χ2v) is 22.2. The van der Waals surface area contributed by atoms with Crippen molar-refractivity contribution in [2.45, 2.75) is 38.5 Å². The van der Waals surface area contributed by atoms with Crippen LogP contribution in [0.1, 0.15) is 37.5 Å². The summed E-state index contributed by atoms with van der Waals surface area (Å²) >= 11 is 0. The Morgan fingerprint density at radius 2 is 0.622 bits per heavy atom. The highest BCUT2D eigenvalue weighted by atomic mass is 19.4. The average molecular weight is 1080 g/mol. The largest absolute Gasteiger partial charge is 0.417 e. The maximum Gasteiger partial charge on any atom is 0.417 e. The standard InChI is InChI=1S/C72H48F6N4/c1-70(2,3)67-63(49-28-10-16-32-53(49)71(73,74)75)61(81-55-34-18-12-26-45(55)47-38-40-59-65(68(47)81)51-30-14-20-36-57(51)79(59)43-22-6-4-7-23-43)42-62(64(67)50-29-11-17-33-54(50)72(76,77)78)82-56-35-19-13-27-46(56)48-39-41-60-66(69(48)82)52-31-15-21-37-58(52)80(60)44-24-8-5-9-25-44/h4-42H,1-3H3. The van der Waals surface area contributed by atoms with Crippen LogP contribution in [-0.2, 0) is 17.8 Å². The van der Waals surface area contributed by atoms with Crippen LogP contribution in [0, 0.1) is 0 Å². The molecule has 15 aromatic rings. The molecule has 11 aromatic carbocycles. The molecule has 0 amide bonds. The van der Waals surface area contributed by atoms with E-state index in [-0.39, 0.29) is 22.3 Å². The fourth-order valence-corrected chi connectivity index (χ4v) is 13.4. The molecule has 82 heavy (non-hydrogen) atoms. The minimum Gasteiger partial charge on any atom is -0.309 e. The highest BCUT2D eigenvalue weighted by molar-refractivity contribution is 6.28. The van der Waals surface area contributed by atoms with Gasteiger partial charge in [0.1, 0.15) is 0 Å². The van der Waals surface area contributed by atoms with Gasteiger partial charge in [-0.3, -0.25) is 0 Å². The van der Waals surface area contributed by atoms with E-state index < -0.39 is 28.9 Å². The molecular formula is C72H48F6N4. The number of benzene rings is 11. The molecule has 0 saturated heterocycles. The Hall–Kier alpha value is -9.80. The zero-order valence-corrected chi connectivity index (χ0v) is 44.6. The molecule has 4 aromatic heterocycles. The van der Waals surface area contributed by atoms with Crippen molar-refractivity contribution in [1.82, 2.24) is 18.3 Å². The Kier molecular flexibility index (Phi) is 10.7. The molecule has 0 aliphatic heterocycles. The van der Waals surface area contributed by atoms with Gasteiger partial charge < -0.3 is 18.3 Å². The first-order valence-electron chi connectivity index (χ1n) is 27.3. The van der Waals surface area contributed by atoms with Crippen LogP contribution in [0.3, 0.4) is 0 Å². The van der Waals surface area contributed by atoms with Crippen molar-refractivity contribution in [3.63, 3.8) is 0 Å². The van der Waals surface area contributed by atoms with Crippen molar-refractivity contribution in [2.75, 3.05) is 0 Å². The third-order valence-electron chi connectivity index (χ3n) is 16.5. The molecule has 4 nitrogen and oxygen atoms in total. The van der Waals surface area contributed by atoms with E-state index in [0.717, 1.165) is 99.7 Å². The Bertz CT molecular complexity index is 4790. The number of para-hydroxylation sites is 6. The van der Waals surface area contributed by atoms with Gasteiger partial charge in [-0.2, -0.15) is 26.3 Å². The molecule has 0 atom stereocenters. The maximum absolute atomic E-state index is 16.2. The molecule has 0 unspecified atom stereocenters. The molecule has 0 fully saturated rings. The van der Waals surface area contributed by atoms with E-state index >= 15 is 26.3 Å². The smallest absolute Gasteiger partial charge is 0.309 e. The number of halogens is 6. The summed E-state index contributed by atoms with van der Waals surface area (Å²) < 4.78 is 106. The molecule has 0 radical (unpaired) electrons. The molecule has 0 aliphatic carbocycles. The Morgan fingerprint density at radius 1 is 0.293 bits per heavy atom. The quantitative estimate of drug-likeness (QED) is 0.148. The van der Waals surface area contributed by atoms with E-state index in [1.54, 1.807) is 12.1 Å². The van der Waals surface area contributed by atoms with Crippen LogP contribution in [0.2, 0.25) is 0 Å². The van der Waals surface area contributed by atoms with E-state index in [0.29, 0.717) is 28.0 Å². The van der Waals surface area contributed by atoms with Crippen molar-refractivity contribution in [2.24, 2.45) is 0 Å². The summed E-state index contributed by atoms with van der Waals surface area (Å²) in [5.41, 5.74) is 6.38. The minimum absolute atomic E-state index is 0.160. The summed E-state index contributed by atoms with van der Waals surface area (Å²) in [4.78, 5) is 0. The molecule has 4 heterocycles. The van der Waals surface area contributed by atoms with Gasteiger partial charge in [-0.05, 0) is 101 Å². The topological polar surface area (TPSA) is 19.7 Å². The van der Waals surface area contributed by atoms with Crippen molar-refractivity contribution in [1.29, 1.82) is 0 Å². The first-order chi connectivity index (χ1) is 39.7. The number of aromatic nitrogens is 4. The number of hydrogen-bond donors (Lipinski definition) is 0. The highest BCUT2D eigenvalue weighted by Crippen LogP contribution is 2.55. The molecule has 0 aliphatic rings. The van der Waals surface area contributed by atoms with Crippen LogP contribution in [0.25, 0.3) is 132 Å². The number of fused-ring (bicyclic) bond motifs is 14. The predicted octanol–water partition coefficient (Wildman–Crippen LogP) is 20.7. The number of hydrogen-bond acceptors (Lipinski definition) is 0. The normalized spacial score (nSPS) is 12.7. The van der Waals surface area contributed by atoms with Gasteiger partial charge in [-0.1, -0.05) is 178 Å². The van der Waals surface area contributed by atoms with Crippen LogP contribution in [-0.4, -0.2) is 18.3 Å². The van der Waals surface area contributed by atoms with Crippen LogP contribution >= 0.6 is 0 Å². The molecule has 0 spiro atoms. The molecule has 10 heteroatoms. The second-order valence-electron chi connectivity index (χ2n) is 22.2. The zero-order chi connectivity index (χ0) is 56.0. The predicted molar refractivity (Wildman–Crippen MR) is 323 cm³/mol. The van der Waals surface area contributed by atoms with E-state index in [2.05, 4.69) is 91.1 Å². The molecular weight excluding hydrogens is 1030 g/mol. The number of alkyl halides is 6. The summed E-state index contributed by atoms with van der Waals surface area (Å²) in [7, 11) is 0. The van der Waals surface area contributed by atoms with Gasteiger partial charge in [0, 0.05) is 65.6 Å². The summed E-state index contributed by atoms with van der Waals surface area (Å²) in [6.07, 6.45) is -9.76. The zero-order valence-electron chi connectivity index (χ0n) is 44.6. The second kappa shape index (κ2) is 17.9. The van der Waals surface area contributed by atoms with Crippen LogP contribution in [0.5, 0.6) is 0 Å². The number of rotatable bonds is 6. The van der Waals surface area contributed by atoms with Crippen molar-refractivity contribution in [3.05, 3.63) is 253 Å². The van der Waals surface area contributed by atoms with Gasteiger partial charge in [0.2, 0.25) is 0 Å². The molecule has 15 rings (SSSR count). The Balaban J connectivity index is 1.25. The van der Waals surface area contributed by atoms with E-state index in [9.17, 15) is 0 Å². The van der Waals surface area contributed by atoms with Crippen molar-refractivity contribution < 1.29 is 26.3 Å². The summed E-state index contributed by atoms with van der Waals surface area (Å²) in [6.45, 7) is 5.68. The SMILES string of the molecule is CC(C)(C)c1c(-c2ccccc2C(F)(F)F)c(-n2c3ccccc3c3ccc4c(c5ccccc5n4-c4ccccc4)c32)cc(-n2c3ccccc3c3ccc4c(c5ccccc5n4-c4ccccc4)c32)c1-c1ccccc1C(F)(F)F. The lowest BCUT2D eigenvalue weighted by atomic mass is 9.74. The van der Waals surface area contributed by atoms with Gasteiger partial charge in [0.25, 0.3) is 0 Å². The third-order valence-corrected chi connectivity index (χ3v) is 16.5. The minimum atomic E-state index is -4.88. The van der Waals surface area contributed by atoms with Gasteiger partial charge in [0.15, 0.2) is 0 Å². The monoisotopic (exact) mass is 1080 g/mol. The van der Waals surface area contributed by atoms with E-state index in [1.807, 2.05) is 136 Å².